The number of ether oxygens (including phenoxy) is 2. The average molecular weight is 527 g/mol. The van der Waals surface area contributed by atoms with Crippen LogP contribution >= 0.6 is 0 Å². The van der Waals surface area contributed by atoms with E-state index in [-0.39, 0.29) is 11.9 Å². The highest BCUT2D eigenvalue weighted by Crippen LogP contribution is 2.27. The first-order chi connectivity index (χ1) is 19.0. The Morgan fingerprint density at radius 2 is 1.64 bits per heavy atom. The van der Waals surface area contributed by atoms with Crippen molar-refractivity contribution in [2.75, 3.05) is 13.7 Å². The van der Waals surface area contributed by atoms with Crippen LogP contribution in [0.15, 0.2) is 66.7 Å². The molecule has 204 valence electrons. The summed E-state index contributed by atoms with van der Waals surface area (Å²) in [6, 6.07) is 22.0. The van der Waals surface area contributed by atoms with E-state index in [1.165, 1.54) is 7.11 Å². The van der Waals surface area contributed by atoms with Gasteiger partial charge in [-0.15, -0.1) is 0 Å². The fraction of sp³-hybridized carbons (Fsp3) is 0.364. The molecule has 1 aromatic heterocycles. The van der Waals surface area contributed by atoms with Crippen molar-refractivity contribution in [3.05, 3.63) is 89.2 Å². The number of para-hydroxylation sites is 1. The Labute approximate surface area is 231 Å². The predicted molar refractivity (Wildman–Crippen MR) is 155 cm³/mol. The number of nitrogens with zero attached hydrogens (tertiary/aromatic N) is 2. The molecule has 0 radical (unpaired) electrons. The molecule has 0 aliphatic heterocycles. The van der Waals surface area contributed by atoms with Crippen LogP contribution in [-0.4, -0.2) is 35.2 Å². The summed E-state index contributed by atoms with van der Waals surface area (Å²) in [7, 11) is 1.40. The van der Waals surface area contributed by atoms with Crippen LogP contribution in [0, 0.1) is 0 Å². The molecule has 0 fully saturated rings. The molecule has 6 heteroatoms. The van der Waals surface area contributed by atoms with E-state index in [0.29, 0.717) is 31.6 Å². The first-order valence-corrected chi connectivity index (χ1v) is 13.9. The number of carbonyl (C=O) groups is 2. The van der Waals surface area contributed by atoms with Gasteiger partial charge in [0.25, 0.3) is 0 Å². The molecule has 4 rings (SSSR count). The molecule has 0 bridgehead atoms. The molecule has 4 aromatic rings. The third kappa shape index (κ3) is 6.94. The molecular weight excluding hydrogens is 488 g/mol. The number of unbranched alkanes of at least 4 members (excludes halogenated alkanes) is 2. The van der Waals surface area contributed by atoms with Gasteiger partial charge in [-0.25, -0.2) is 9.78 Å². The Morgan fingerprint density at radius 1 is 0.872 bits per heavy atom. The number of methoxy groups -OCH3 is 1. The maximum Gasteiger partial charge on any atom is 0.338 e. The fourth-order valence-corrected chi connectivity index (χ4v) is 4.87. The van der Waals surface area contributed by atoms with E-state index in [9.17, 15) is 9.59 Å². The van der Waals surface area contributed by atoms with Crippen molar-refractivity contribution in [1.82, 2.24) is 9.55 Å². The number of aryl methyl sites for hydroxylation is 1. The topological polar surface area (TPSA) is 70.4 Å². The van der Waals surface area contributed by atoms with Crippen molar-refractivity contribution in [3.63, 3.8) is 0 Å². The number of hydrogen-bond donors (Lipinski definition) is 0. The van der Waals surface area contributed by atoms with Crippen molar-refractivity contribution in [3.8, 4) is 11.1 Å². The smallest absolute Gasteiger partial charge is 0.338 e. The highest BCUT2D eigenvalue weighted by molar-refractivity contribution is 5.97. The molecule has 39 heavy (non-hydrogen) atoms. The van der Waals surface area contributed by atoms with Gasteiger partial charge in [-0.3, -0.25) is 4.79 Å². The number of esters is 2. The molecule has 0 aliphatic rings. The number of carbonyl (C=O) groups excluding carboxylic acids is 2. The standard InChI is InChI=1S/C33H38N2O4/c1-4-6-15-30-34-29-14-10-11-26(21-22-39-31(36)16-7-5-2)32(29)35(30)23-24-17-19-25(20-18-24)27-12-8-9-13-28(27)33(37)38-3/h8-14,17-20H,4-7,15-16,21-23H2,1-3H3. The van der Waals surface area contributed by atoms with Crippen molar-refractivity contribution in [2.45, 2.75) is 65.3 Å². The zero-order valence-electron chi connectivity index (χ0n) is 23.2. The highest BCUT2D eigenvalue weighted by atomic mass is 16.5. The number of fused-ring (bicyclic) bond motifs is 1. The number of hydrogen-bond acceptors (Lipinski definition) is 5. The third-order valence-corrected chi connectivity index (χ3v) is 6.99. The summed E-state index contributed by atoms with van der Waals surface area (Å²) in [6.07, 6.45) is 6.02. The van der Waals surface area contributed by atoms with Crippen LogP contribution in [0.1, 0.15) is 73.3 Å². The summed E-state index contributed by atoms with van der Waals surface area (Å²) >= 11 is 0. The van der Waals surface area contributed by atoms with Crippen LogP contribution in [0.5, 0.6) is 0 Å². The predicted octanol–water partition coefficient (Wildman–Crippen LogP) is 7.16. The van der Waals surface area contributed by atoms with Crippen LogP contribution < -0.4 is 0 Å². The minimum absolute atomic E-state index is 0.130. The Bertz CT molecular complexity index is 1410. The molecule has 3 aromatic carbocycles. The Morgan fingerprint density at radius 3 is 2.38 bits per heavy atom. The van der Waals surface area contributed by atoms with Gasteiger partial charge in [0, 0.05) is 25.8 Å². The molecule has 1 heterocycles. The Balaban J connectivity index is 1.61. The summed E-state index contributed by atoms with van der Waals surface area (Å²) in [4.78, 5) is 29.3. The zero-order chi connectivity index (χ0) is 27.6. The summed E-state index contributed by atoms with van der Waals surface area (Å²) in [6.45, 7) is 5.31. The van der Waals surface area contributed by atoms with Crippen LogP contribution in [0.4, 0.5) is 0 Å². The first-order valence-electron chi connectivity index (χ1n) is 13.9. The molecule has 0 aliphatic carbocycles. The molecule has 0 spiro atoms. The Hall–Kier alpha value is -3.93. The largest absolute Gasteiger partial charge is 0.465 e. The van der Waals surface area contributed by atoms with E-state index < -0.39 is 0 Å². The first kappa shape index (κ1) is 28.1. The summed E-state index contributed by atoms with van der Waals surface area (Å²) < 4.78 is 12.8. The molecule has 0 saturated heterocycles. The second-order valence-corrected chi connectivity index (χ2v) is 9.81. The van der Waals surface area contributed by atoms with Gasteiger partial charge in [0.05, 0.1) is 30.3 Å². The molecule has 0 N–H and O–H groups in total. The van der Waals surface area contributed by atoms with Crippen molar-refractivity contribution in [1.29, 1.82) is 0 Å². The minimum atomic E-state index is -0.344. The number of imidazole rings is 1. The molecule has 6 nitrogen and oxygen atoms in total. The second-order valence-electron chi connectivity index (χ2n) is 9.81. The van der Waals surface area contributed by atoms with Crippen molar-refractivity contribution >= 4 is 23.0 Å². The van der Waals surface area contributed by atoms with Crippen molar-refractivity contribution in [2.24, 2.45) is 0 Å². The van der Waals surface area contributed by atoms with Gasteiger partial charge < -0.3 is 14.0 Å². The average Bonchev–Trinajstić information content (AvgIpc) is 3.32. The lowest BCUT2D eigenvalue weighted by Gasteiger charge is -2.13. The Kier molecular flexibility index (Phi) is 9.90. The highest BCUT2D eigenvalue weighted by Gasteiger charge is 2.16. The van der Waals surface area contributed by atoms with E-state index in [2.05, 4.69) is 54.8 Å². The molecule has 0 unspecified atom stereocenters. The molecule has 0 atom stereocenters. The van der Waals surface area contributed by atoms with Gasteiger partial charge in [-0.05, 0) is 47.2 Å². The second kappa shape index (κ2) is 13.7. The van der Waals surface area contributed by atoms with Crippen LogP contribution in [0.2, 0.25) is 0 Å². The lowest BCUT2D eigenvalue weighted by molar-refractivity contribution is -0.143. The molecule has 0 amide bonds. The number of rotatable bonds is 13. The summed E-state index contributed by atoms with van der Waals surface area (Å²) in [5.41, 5.74) is 6.72. The van der Waals surface area contributed by atoms with Gasteiger partial charge in [0.2, 0.25) is 0 Å². The van der Waals surface area contributed by atoms with Gasteiger partial charge >= 0.3 is 11.9 Å². The van der Waals surface area contributed by atoms with Gasteiger partial charge in [-0.1, -0.05) is 81.3 Å². The van der Waals surface area contributed by atoms with Crippen LogP contribution in [0.3, 0.4) is 0 Å². The maximum absolute atomic E-state index is 12.3. The molecule has 0 saturated carbocycles. The normalized spacial score (nSPS) is 11.1. The quantitative estimate of drug-likeness (QED) is 0.173. The zero-order valence-corrected chi connectivity index (χ0v) is 23.2. The third-order valence-electron chi connectivity index (χ3n) is 6.99. The summed E-state index contributed by atoms with van der Waals surface area (Å²) in [5.74, 6) is 0.595. The van der Waals surface area contributed by atoms with E-state index in [4.69, 9.17) is 14.5 Å². The monoisotopic (exact) mass is 526 g/mol. The number of benzene rings is 3. The SMILES string of the molecule is CCCCC(=O)OCCc1cccc2nc(CCCC)n(Cc3ccc(-c4ccccc4C(=O)OC)cc3)c12. The lowest BCUT2D eigenvalue weighted by Crippen LogP contribution is -2.10. The van der Waals surface area contributed by atoms with Gasteiger partial charge in [0.1, 0.15) is 5.82 Å². The molecular formula is C33H38N2O4. The van der Waals surface area contributed by atoms with E-state index in [1.807, 2.05) is 24.3 Å². The van der Waals surface area contributed by atoms with Gasteiger partial charge in [-0.2, -0.15) is 0 Å². The lowest BCUT2D eigenvalue weighted by atomic mass is 9.98. The van der Waals surface area contributed by atoms with Crippen molar-refractivity contribution < 1.29 is 19.1 Å². The number of aromatic nitrogens is 2. The van der Waals surface area contributed by atoms with E-state index >= 15 is 0 Å². The van der Waals surface area contributed by atoms with E-state index in [1.54, 1.807) is 6.07 Å². The minimum Gasteiger partial charge on any atom is -0.465 e. The van der Waals surface area contributed by atoms with Gasteiger partial charge in [0.15, 0.2) is 0 Å². The van der Waals surface area contributed by atoms with Crippen LogP contribution in [-0.2, 0) is 33.7 Å². The van der Waals surface area contributed by atoms with Crippen LogP contribution in [0.25, 0.3) is 22.2 Å². The maximum atomic E-state index is 12.3. The summed E-state index contributed by atoms with van der Waals surface area (Å²) in [5, 5.41) is 0. The fourth-order valence-electron chi connectivity index (χ4n) is 4.87. The van der Waals surface area contributed by atoms with E-state index in [0.717, 1.165) is 71.2 Å².